The van der Waals surface area contributed by atoms with Crippen LogP contribution < -0.4 is 16.2 Å². The minimum Gasteiger partial charge on any atom is -0.465 e. The molecule has 0 aliphatic heterocycles. The van der Waals surface area contributed by atoms with Crippen molar-refractivity contribution in [3.63, 3.8) is 0 Å². The van der Waals surface area contributed by atoms with Gasteiger partial charge in [0.15, 0.2) is 5.69 Å². The summed E-state index contributed by atoms with van der Waals surface area (Å²) in [5.41, 5.74) is 10.5. The zero-order chi connectivity index (χ0) is 22.2. The molecule has 0 saturated heterocycles. The zero-order valence-electron chi connectivity index (χ0n) is 16.9. The molecule has 5 aromatic rings. The lowest BCUT2D eigenvalue weighted by molar-refractivity contribution is 0.201. The number of carboxylic acid groups (broad SMARTS) is 1. The predicted octanol–water partition coefficient (Wildman–Crippen LogP) is 4.34. The van der Waals surface area contributed by atoms with Gasteiger partial charge >= 0.3 is 6.09 Å². The van der Waals surface area contributed by atoms with Crippen LogP contribution in [0.3, 0.4) is 0 Å². The highest BCUT2D eigenvalue weighted by molar-refractivity contribution is 6.00. The number of benzene rings is 3. The lowest BCUT2D eigenvalue weighted by Gasteiger charge is -2.19. The van der Waals surface area contributed by atoms with E-state index in [4.69, 9.17) is 5.73 Å². The van der Waals surface area contributed by atoms with E-state index < -0.39 is 6.09 Å². The van der Waals surface area contributed by atoms with Gasteiger partial charge in [-0.1, -0.05) is 36.4 Å². The topological polar surface area (TPSA) is 128 Å². The molecule has 8 nitrogen and oxygen atoms in total. The predicted molar refractivity (Wildman–Crippen MR) is 125 cm³/mol. The summed E-state index contributed by atoms with van der Waals surface area (Å²) < 4.78 is 0. The number of anilines is 2. The summed E-state index contributed by atoms with van der Waals surface area (Å²) in [4.78, 5) is 36.2. The van der Waals surface area contributed by atoms with Crippen molar-refractivity contribution in [2.24, 2.45) is 0 Å². The first-order chi connectivity index (χ1) is 15.5. The van der Waals surface area contributed by atoms with Crippen LogP contribution in [0.4, 0.5) is 16.2 Å². The van der Waals surface area contributed by atoms with E-state index in [1.54, 1.807) is 30.3 Å². The van der Waals surface area contributed by atoms with Gasteiger partial charge in [0.1, 0.15) is 0 Å². The standard InChI is InChI=1S/C24H19N5O3/c25-20-16-12-14(13-29(24(31)32)15-6-2-1-3-7-15)10-11-17(16)26-21(20)22-23(30)28-19-9-5-4-8-18(19)27-22/h1-12,26H,13,25H2,(H,28,30)(H,31,32). The number of hydrogen-bond donors (Lipinski definition) is 4. The van der Waals surface area contributed by atoms with E-state index in [1.165, 1.54) is 4.90 Å². The Morgan fingerprint density at radius 2 is 1.72 bits per heavy atom. The zero-order valence-corrected chi connectivity index (χ0v) is 16.9. The van der Waals surface area contributed by atoms with Crippen LogP contribution in [0.2, 0.25) is 0 Å². The van der Waals surface area contributed by atoms with Crippen molar-refractivity contribution in [2.45, 2.75) is 6.54 Å². The maximum absolute atomic E-state index is 12.6. The Morgan fingerprint density at radius 3 is 2.50 bits per heavy atom. The fourth-order valence-electron chi connectivity index (χ4n) is 3.80. The van der Waals surface area contributed by atoms with Crippen molar-refractivity contribution in [3.05, 3.63) is 88.7 Å². The Labute approximate surface area is 182 Å². The Morgan fingerprint density at radius 1 is 0.969 bits per heavy atom. The number of nitrogens with zero attached hydrogens (tertiary/aromatic N) is 2. The second-order valence-corrected chi connectivity index (χ2v) is 7.43. The summed E-state index contributed by atoms with van der Waals surface area (Å²) in [5, 5.41) is 10.4. The summed E-state index contributed by atoms with van der Waals surface area (Å²) >= 11 is 0. The first-order valence-electron chi connectivity index (χ1n) is 9.96. The molecule has 2 aromatic heterocycles. The van der Waals surface area contributed by atoms with Crippen LogP contribution in [0.1, 0.15) is 5.56 Å². The van der Waals surface area contributed by atoms with Gasteiger partial charge in [0, 0.05) is 16.6 Å². The van der Waals surface area contributed by atoms with Crippen LogP contribution in [-0.2, 0) is 6.54 Å². The van der Waals surface area contributed by atoms with E-state index in [2.05, 4.69) is 15.0 Å². The molecule has 158 valence electrons. The number of rotatable bonds is 4. The molecule has 5 N–H and O–H groups in total. The smallest absolute Gasteiger partial charge is 0.412 e. The molecule has 1 amide bonds. The lowest BCUT2D eigenvalue weighted by Crippen LogP contribution is -2.28. The monoisotopic (exact) mass is 425 g/mol. The molecule has 3 aromatic carbocycles. The van der Waals surface area contributed by atoms with Crippen LogP contribution in [0.15, 0.2) is 77.6 Å². The molecule has 0 aliphatic carbocycles. The number of nitrogens with one attached hydrogen (secondary N) is 2. The number of para-hydroxylation sites is 3. The highest BCUT2D eigenvalue weighted by Crippen LogP contribution is 2.32. The second-order valence-electron chi connectivity index (χ2n) is 7.43. The van der Waals surface area contributed by atoms with E-state index in [-0.39, 0.29) is 17.8 Å². The van der Waals surface area contributed by atoms with Crippen molar-refractivity contribution >= 4 is 39.4 Å². The van der Waals surface area contributed by atoms with Crippen molar-refractivity contribution in [1.29, 1.82) is 0 Å². The van der Waals surface area contributed by atoms with Gasteiger partial charge in [-0.2, -0.15) is 0 Å². The third kappa shape index (κ3) is 3.33. The normalized spacial score (nSPS) is 11.1. The third-order valence-electron chi connectivity index (χ3n) is 5.38. The largest absolute Gasteiger partial charge is 0.465 e. The number of aromatic amines is 2. The van der Waals surface area contributed by atoms with Gasteiger partial charge in [0.2, 0.25) is 0 Å². The molecule has 5 rings (SSSR count). The van der Waals surface area contributed by atoms with Crippen LogP contribution in [0.25, 0.3) is 33.3 Å². The molecule has 0 unspecified atom stereocenters. The van der Waals surface area contributed by atoms with Gasteiger partial charge in [-0.3, -0.25) is 9.69 Å². The summed E-state index contributed by atoms with van der Waals surface area (Å²) in [7, 11) is 0. The van der Waals surface area contributed by atoms with Crippen molar-refractivity contribution in [2.75, 3.05) is 10.6 Å². The van der Waals surface area contributed by atoms with Crippen LogP contribution in [-0.4, -0.2) is 26.2 Å². The van der Waals surface area contributed by atoms with E-state index >= 15 is 0 Å². The summed E-state index contributed by atoms with van der Waals surface area (Å²) in [6, 6.07) is 21.7. The first kappa shape index (κ1) is 19.4. The Kier molecular flexibility index (Phi) is 4.59. The SMILES string of the molecule is Nc1c(-c2nc3ccccc3[nH]c2=O)[nH]c2ccc(CN(C(=O)O)c3ccccc3)cc12. The van der Waals surface area contributed by atoms with Crippen molar-refractivity contribution in [1.82, 2.24) is 15.0 Å². The van der Waals surface area contributed by atoms with Crippen LogP contribution in [0.5, 0.6) is 0 Å². The molecular formula is C24H19N5O3. The molecule has 0 bridgehead atoms. The lowest BCUT2D eigenvalue weighted by atomic mass is 10.1. The Balaban J connectivity index is 1.56. The van der Waals surface area contributed by atoms with Gasteiger partial charge in [-0.25, -0.2) is 9.78 Å². The van der Waals surface area contributed by atoms with Gasteiger partial charge in [0.25, 0.3) is 5.56 Å². The van der Waals surface area contributed by atoms with Gasteiger partial charge in [-0.15, -0.1) is 0 Å². The first-order valence-corrected chi connectivity index (χ1v) is 9.96. The van der Waals surface area contributed by atoms with Gasteiger partial charge in [-0.05, 0) is 42.0 Å². The van der Waals surface area contributed by atoms with Gasteiger partial charge < -0.3 is 20.8 Å². The number of fused-ring (bicyclic) bond motifs is 2. The minimum atomic E-state index is -1.05. The third-order valence-corrected chi connectivity index (χ3v) is 5.38. The average molecular weight is 425 g/mol. The maximum atomic E-state index is 12.6. The van der Waals surface area contributed by atoms with E-state index in [0.29, 0.717) is 33.5 Å². The average Bonchev–Trinajstić information content (AvgIpc) is 3.13. The highest BCUT2D eigenvalue weighted by Gasteiger charge is 2.18. The highest BCUT2D eigenvalue weighted by atomic mass is 16.4. The molecule has 0 fully saturated rings. The molecule has 2 heterocycles. The van der Waals surface area contributed by atoms with Crippen LogP contribution >= 0.6 is 0 Å². The quantitative estimate of drug-likeness (QED) is 0.341. The van der Waals surface area contributed by atoms with Crippen molar-refractivity contribution < 1.29 is 9.90 Å². The number of nitrogen functional groups attached to an aromatic ring is 1. The molecule has 0 aliphatic rings. The molecule has 32 heavy (non-hydrogen) atoms. The molecule has 8 heteroatoms. The number of nitrogens with two attached hydrogens (primary N) is 1. The van der Waals surface area contributed by atoms with E-state index in [9.17, 15) is 14.7 Å². The van der Waals surface area contributed by atoms with Gasteiger partial charge in [0.05, 0.1) is 29.0 Å². The fraction of sp³-hybridized carbons (Fsp3) is 0.0417. The molecule has 0 spiro atoms. The maximum Gasteiger partial charge on any atom is 0.412 e. The second kappa shape index (κ2) is 7.59. The Bertz CT molecular complexity index is 1520. The molecule has 0 radical (unpaired) electrons. The number of carbonyl (C=O) groups is 1. The van der Waals surface area contributed by atoms with Crippen LogP contribution in [0, 0.1) is 0 Å². The summed E-state index contributed by atoms with van der Waals surface area (Å²) in [6.07, 6.45) is -1.05. The van der Waals surface area contributed by atoms with E-state index in [0.717, 1.165) is 11.1 Å². The van der Waals surface area contributed by atoms with E-state index in [1.807, 2.05) is 42.5 Å². The van der Waals surface area contributed by atoms with Crippen molar-refractivity contribution in [3.8, 4) is 11.4 Å². The number of amides is 1. The molecule has 0 atom stereocenters. The fourth-order valence-corrected chi connectivity index (χ4v) is 3.80. The Hall–Kier alpha value is -4.59. The minimum absolute atomic E-state index is 0.157. The summed E-state index contributed by atoms with van der Waals surface area (Å²) in [6.45, 7) is 0.157. The number of aromatic nitrogens is 3. The number of hydrogen-bond acceptors (Lipinski definition) is 4. The number of H-pyrrole nitrogens is 2. The summed E-state index contributed by atoms with van der Waals surface area (Å²) in [5.74, 6) is 0. The molecular weight excluding hydrogens is 406 g/mol. The molecule has 0 saturated carbocycles.